The van der Waals surface area contributed by atoms with Gasteiger partial charge < -0.3 is 5.11 Å². The summed E-state index contributed by atoms with van der Waals surface area (Å²) in [6, 6.07) is 7.12. The predicted molar refractivity (Wildman–Crippen MR) is 67.0 cm³/mol. The Morgan fingerprint density at radius 3 is 1.93 bits per heavy atom. The molecule has 1 N–H and O–H groups in total. The van der Waals surface area contributed by atoms with E-state index in [4.69, 9.17) is 5.11 Å². The molecule has 0 fully saturated rings. The van der Waals surface area contributed by atoms with Crippen LogP contribution in [0.5, 0.6) is 0 Å². The van der Waals surface area contributed by atoms with Crippen molar-refractivity contribution in [3.63, 3.8) is 0 Å². The van der Waals surface area contributed by atoms with Gasteiger partial charge in [0.05, 0.1) is 5.56 Å². The van der Waals surface area contributed by atoms with Gasteiger partial charge in [-0.1, -0.05) is 32.9 Å². The van der Waals surface area contributed by atoms with Crippen molar-refractivity contribution in [1.29, 1.82) is 0 Å². The van der Waals surface area contributed by atoms with Gasteiger partial charge in [-0.25, -0.2) is 4.79 Å². The lowest BCUT2D eigenvalue weighted by atomic mass is 9.90. The Hall–Kier alpha value is -0.960. The molecular formula is C12H18O2S. The lowest BCUT2D eigenvalue weighted by Crippen LogP contribution is -2.03. The highest BCUT2D eigenvalue weighted by Gasteiger charge is 2.10. The zero-order valence-corrected chi connectivity index (χ0v) is 10.3. The largest absolute Gasteiger partial charge is 0.478 e. The van der Waals surface area contributed by atoms with E-state index in [0.717, 1.165) is 0 Å². The van der Waals surface area contributed by atoms with E-state index in [9.17, 15) is 4.79 Å². The van der Waals surface area contributed by atoms with Crippen LogP contribution in [0.3, 0.4) is 0 Å². The number of benzene rings is 1. The Kier molecular flexibility index (Phi) is 5.44. The van der Waals surface area contributed by atoms with E-state index in [-0.39, 0.29) is 13.5 Å². The van der Waals surface area contributed by atoms with E-state index in [2.05, 4.69) is 20.8 Å². The topological polar surface area (TPSA) is 37.3 Å². The van der Waals surface area contributed by atoms with Crippen LogP contribution in [-0.4, -0.2) is 11.1 Å². The van der Waals surface area contributed by atoms with Crippen LogP contribution in [-0.2, 0) is 0 Å². The average molecular weight is 226 g/mol. The quantitative estimate of drug-likeness (QED) is 0.859. The maximum Gasteiger partial charge on any atom is 0.335 e. The molecule has 15 heavy (non-hydrogen) atoms. The molecule has 0 aliphatic carbocycles. The summed E-state index contributed by atoms with van der Waals surface area (Å²) in [7, 11) is 0. The predicted octanol–water partition coefficient (Wildman–Crippen LogP) is 3.26. The van der Waals surface area contributed by atoms with Crippen LogP contribution in [0.25, 0.3) is 0 Å². The SMILES string of the molecule is CC(C)[C@@H](C)c1ccc(C(=O)O)cc1.S. The summed E-state index contributed by atoms with van der Waals surface area (Å²) in [4.78, 5) is 10.6. The first kappa shape index (κ1) is 14.0. The van der Waals surface area contributed by atoms with Crippen LogP contribution in [0.4, 0.5) is 0 Å². The minimum Gasteiger partial charge on any atom is -0.478 e. The van der Waals surface area contributed by atoms with E-state index < -0.39 is 5.97 Å². The summed E-state index contributed by atoms with van der Waals surface area (Å²) in [5.74, 6) is 0.178. The van der Waals surface area contributed by atoms with E-state index in [1.54, 1.807) is 12.1 Å². The maximum absolute atomic E-state index is 10.6. The van der Waals surface area contributed by atoms with Crippen molar-refractivity contribution in [1.82, 2.24) is 0 Å². The van der Waals surface area contributed by atoms with Gasteiger partial charge in [0.25, 0.3) is 0 Å². The summed E-state index contributed by atoms with van der Waals surface area (Å²) in [5.41, 5.74) is 1.55. The van der Waals surface area contributed by atoms with Crippen molar-refractivity contribution >= 4 is 19.5 Å². The van der Waals surface area contributed by atoms with Crippen LogP contribution in [0.15, 0.2) is 24.3 Å². The van der Waals surface area contributed by atoms with E-state index >= 15 is 0 Å². The molecule has 1 rings (SSSR count). The van der Waals surface area contributed by atoms with Crippen LogP contribution in [0.1, 0.15) is 42.6 Å². The van der Waals surface area contributed by atoms with E-state index in [1.807, 2.05) is 12.1 Å². The fraction of sp³-hybridized carbons (Fsp3) is 0.417. The molecule has 0 unspecified atom stereocenters. The van der Waals surface area contributed by atoms with Gasteiger partial charge >= 0.3 is 5.97 Å². The molecule has 2 nitrogen and oxygen atoms in total. The van der Waals surface area contributed by atoms with Gasteiger partial charge in [0, 0.05) is 0 Å². The number of carboxylic acid groups (broad SMARTS) is 1. The van der Waals surface area contributed by atoms with Crippen LogP contribution in [0, 0.1) is 5.92 Å². The molecule has 84 valence electrons. The molecule has 1 aromatic carbocycles. The Bertz CT molecular complexity index is 317. The number of carbonyl (C=O) groups is 1. The fourth-order valence-electron chi connectivity index (χ4n) is 1.31. The van der Waals surface area contributed by atoms with Gasteiger partial charge in [-0.2, -0.15) is 13.5 Å². The second kappa shape index (κ2) is 5.81. The second-order valence-corrected chi connectivity index (χ2v) is 3.96. The number of rotatable bonds is 3. The fourth-order valence-corrected chi connectivity index (χ4v) is 1.31. The number of aromatic carboxylic acids is 1. The summed E-state index contributed by atoms with van der Waals surface area (Å²) >= 11 is 0. The Balaban J connectivity index is 0.00000196. The lowest BCUT2D eigenvalue weighted by Gasteiger charge is -2.15. The molecule has 1 atom stereocenters. The van der Waals surface area contributed by atoms with Gasteiger partial charge in [0.2, 0.25) is 0 Å². The van der Waals surface area contributed by atoms with Crippen LogP contribution in [0.2, 0.25) is 0 Å². The molecule has 0 heterocycles. The number of hydrogen-bond donors (Lipinski definition) is 1. The first-order chi connectivity index (χ1) is 6.52. The van der Waals surface area contributed by atoms with Crippen LogP contribution >= 0.6 is 13.5 Å². The molecule has 1 aromatic rings. The monoisotopic (exact) mass is 226 g/mol. The Morgan fingerprint density at radius 1 is 1.13 bits per heavy atom. The first-order valence-corrected chi connectivity index (χ1v) is 4.85. The standard InChI is InChI=1S/C12H16O2.H2S/c1-8(2)9(3)10-4-6-11(7-5-10)12(13)14;/h4-9H,1-3H3,(H,13,14);1H2/t9-;/m1./s1. The Morgan fingerprint density at radius 2 is 1.60 bits per heavy atom. The highest BCUT2D eigenvalue weighted by atomic mass is 32.1. The van der Waals surface area contributed by atoms with Crippen molar-refractivity contribution in [3.8, 4) is 0 Å². The highest BCUT2D eigenvalue weighted by molar-refractivity contribution is 7.59. The lowest BCUT2D eigenvalue weighted by molar-refractivity contribution is 0.0697. The summed E-state index contributed by atoms with van der Waals surface area (Å²) in [6.07, 6.45) is 0. The summed E-state index contributed by atoms with van der Waals surface area (Å²) < 4.78 is 0. The second-order valence-electron chi connectivity index (χ2n) is 3.96. The van der Waals surface area contributed by atoms with Gasteiger partial charge in [-0.15, -0.1) is 0 Å². The third kappa shape index (κ3) is 3.59. The smallest absolute Gasteiger partial charge is 0.335 e. The molecule has 0 aromatic heterocycles. The van der Waals surface area contributed by atoms with Gasteiger partial charge in [0.1, 0.15) is 0 Å². The molecule has 0 saturated carbocycles. The van der Waals surface area contributed by atoms with Crippen molar-refractivity contribution in [2.75, 3.05) is 0 Å². The van der Waals surface area contributed by atoms with Gasteiger partial charge in [0.15, 0.2) is 0 Å². The van der Waals surface area contributed by atoms with Crippen molar-refractivity contribution < 1.29 is 9.90 Å². The van der Waals surface area contributed by atoms with E-state index in [1.165, 1.54) is 5.56 Å². The first-order valence-electron chi connectivity index (χ1n) is 4.85. The minimum absolute atomic E-state index is 0. The third-order valence-corrected chi connectivity index (χ3v) is 2.68. The molecule has 0 radical (unpaired) electrons. The summed E-state index contributed by atoms with van der Waals surface area (Å²) in [5, 5.41) is 8.72. The molecule has 0 aliphatic rings. The Labute approximate surface area is 97.8 Å². The van der Waals surface area contributed by atoms with Gasteiger partial charge in [-0.3, -0.25) is 0 Å². The van der Waals surface area contributed by atoms with Crippen molar-refractivity contribution in [3.05, 3.63) is 35.4 Å². The van der Waals surface area contributed by atoms with Gasteiger partial charge in [-0.05, 0) is 29.5 Å². The highest BCUT2D eigenvalue weighted by Crippen LogP contribution is 2.23. The maximum atomic E-state index is 10.6. The molecule has 0 spiro atoms. The van der Waals surface area contributed by atoms with Crippen LogP contribution < -0.4 is 0 Å². The van der Waals surface area contributed by atoms with Crippen molar-refractivity contribution in [2.45, 2.75) is 26.7 Å². The molecule has 0 amide bonds. The third-order valence-electron chi connectivity index (χ3n) is 2.68. The zero-order valence-electron chi connectivity index (χ0n) is 9.32. The zero-order chi connectivity index (χ0) is 10.7. The average Bonchev–Trinajstić information content (AvgIpc) is 2.16. The number of carboxylic acids is 1. The molecular weight excluding hydrogens is 208 g/mol. The minimum atomic E-state index is -0.867. The molecule has 0 aliphatic heterocycles. The molecule has 0 bridgehead atoms. The molecule has 0 saturated heterocycles. The number of hydrogen-bond acceptors (Lipinski definition) is 1. The normalized spacial score (nSPS) is 12.0. The van der Waals surface area contributed by atoms with E-state index in [0.29, 0.717) is 17.4 Å². The summed E-state index contributed by atoms with van der Waals surface area (Å²) in [6.45, 7) is 6.48. The van der Waals surface area contributed by atoms with Crippen molar-refractivity contribution in [2.24, 2.45) is 5.92 Å². The molecule has 3 heteroatoms.